The number of aromatic nitrogens is 1. The fourth-order valence-corrected chi connectivity index (χ4v) is 3.85. The molecule has 0 radical (unpaired) electrons. The molecule has 1 unspecified atom stereocenters. The Kier molecular flexibility index (Phi) is 5.66. The molecule has 6 nitrogen and oxygen atoms in total. The number of nitrogens with one attached hydrogen (secondary N) is 2. The van der Waals surface area contributed by atoms with Gasteiger partial charge >= 0.3 is 12.0 Å². The van der Waals surface area contributed by atoms with Gasteiger partial charge in [-0.1, -0.05) is 0 Å². The topological polar surface area (TPSA) is 91.3 Å². The van der Waals surface area contributed by atoms with Crippen molar-refractivity contribution in [1.29, 1.82) is 0 Å². The number of hydrogen-bond donors (Lipinski definition) is 3. The van der Waals surface area contributed by atoms with E-state index < -0.39 is 5.97 Å². The minimum atomic E-state index is -1.02. The number of urea groups is 1. The Morgan fingerprint density at radius 3 is 2.95 bits per heavy atom. The van der Waals surface area contributed by atoms with Gasteiger partial charge in [0, 0.05) is 30.1 Å². The molecule has 0 saturated carbocycles. The predicted octanol–water partition coefficient (Wildman–Crippen LogP) is 1.58. The van der Waals surface area contributed by atoms with Crippen molar-refractivity contribution in [2.45, 2.75) is 24.5 Å². The maximum atomic E-state index is 11.6. The standard InChI is InChI=1S/C12H17N3O3S2/c16-11(17)9-7-20-10(15-9)3-4-13-12(18)14-6-8-2-1-5-19-8/h7-8H,1-6H2,(H,16,17)(H2,13,14,18). The summed E-state index contributed by atoms with van der Waals surface area (Å²) in [6.45, 7) is 1.16. The molecule has 1 aromatic heterocycles. The number of rotatable bonds is 6. The average molecular weight is 315 g/mol. The number of amides is 2. The highest BCUT2D eigenvalue weighted by atomic mass is 32.2. The van der Waals surface area contributed by atoms with E-state index in [1.807, 2.05) is 11.8 Å². The van der Waals surface area contributed by atoms with E-state index in [-0.39, 0.29) is 11.7 Å². The smallest absolute Gasteiger partial charge is 0.355 e. The van der Waals surface area contributed by atoms with Gasteiger partial charge in [0.15, 0.2) is 5.69 Å². The largest absolute Gasteiger partial charge is 0.476 e. The summed E-state index contributed by atoms with van der Waals surface area (Å²) in [5, 5.41) is 17.1. The number of aromatic carboxylic acids is 1. The molecule has 1 aliphatic rings. The van der Waals surface area contributed by atoms with Gasteiger partial charge in [-0.15, -0.1) is 11.3 Å². The number of carboxylic acids is 1. The van der Waals surface area contributed by atoms with E-state index in [0.717, 1.165) is 0 Å². The third-order valence-corrected chi connectivity index (χ3v) is 5.22. The Hall–Kier alpha value is -1.28. The van der Waals surface area contributed by atoms with Gasteiger partial charge in [-0.2, -0.15) is 11.8 Å². The van der Waals surface area contributed by atoms with Crippen LogP contribution >= 0.6 is 23.1 Å². The molecule has 0 aromatic carbocycles. The molecule has 2 rings (SSSR count). The van der Waals surface area contributed by atoms with Crippen molar-refractivity contribution < 1.29 is 14.7 Å². The van der Waals surface area contributed by atoms with Gasteiger partial charge in [0.1, 0.15) is 0 Å². The summed E-state index contributed by atoms with van der Waals surface area (Å²) >= 11 is 3.20. The van der Waals surface area contributed by atoms with Crippen molar-refractivity contribution >= 4 is 35.1 Å². The third-order valence-electron chi connectivity index (χ3n) is 2.91. The van der Waals surface area contributed by atoms with Gasteiger partial charge < -0.3 is 15.7 Å². The monoisotopic (exact) mass is 315 g/mol. The molecular weight excluding hydrogens is 298 g/mol. The maximum Gasteiger partial charge on any atom is 0.355 e. The maximum absolute atomic E-state index is 11.6. The van der Waals surface area contributed by atoms with Crippen LogP contribution in [0.4, 0.5) is 4.79 Å². The molecule has 1 atom stereocenters. The lowest BCUT2D eigenvalue weighted by atomic mass is 10.2. The number of carbonyl (C=O) groups is 2. The van der Waals surface area contributed by atoms with Crippen LogP contribution in [0.25, 0.3) is 0 Å². The molecule has 2 heterocycles. The number of nitrogens with zero attached hydrogens (tertiary/aromatic N) is 1. The number of thioether (sulfide) groups is 1. The van der Waals surface area contributed by atoms with Crippen molar-refractivity contribution in [3.8, 4) is 0 Å². The lowest BCUT2D eigenvalue weighted by Gasteiger charge is -2.10. The van der Waals surface area contributed by atoms with Crippen LogP contribution in [0, 0.1) is 0 Å². The van der Waals surface area contributed by atoms with Gasteiger partial charge in [-0.3, -0.25) is 0 Å². The van der Waals surface area contributed by atoms with E-state index in [4.69, 9.17) is 5.11 Å². The lowest BCUT2D eigenvalue weighted by Crippen LogP contribution is -2.39. The van der Waals surface area contributed by atoms with Crippen LogP contribution in [0.3, 0.4) is 0 Å². The molecule has 0 bridgehead atoms. The van der Waals surface area contributed by atoms with E-state index >= 15 is 0 Å². The molecule has 2 amide bonds. The van der Waals surface area contributed by atoms with Crippen molar-refractivity contribution in [3.63, 3.8) is 0 Å². The Morgan fingerprint density at radius 1 is 1.45 bits per heavy atom. The molecule has 0 spiro atoms. The molecular formula is C12H17N3O3S2. The van der Waals surface area contributed by atoms with Crippen LogP contribution < -0.4 is 10.6 Å². The van der Waals surface area contributed by atoms with Crippen molar-refractivity contribution in [2.75, 3.05) is 18.8 Å². The van der Waals surface area contributed by atoms with Crippen LogP contribution in [0.15, 0.2) is 5.38 Å². The normalized spacial score (nSPS) is 17.9. The first-order valence-corrected chi connectivity index (χ1v) is 8.39. The number of hydrogen-bond acceptors (Lipinski definition) is 5. The first-order chi connectivity index (χ1) is 9.65. The van der Waals surface area contributed by atoms with Crippen LogP contribution in [0.2, 0.25) is 0 Å². The van der Waals surface area contributed by atoms with E-state index in [0.29, 0.717) is 29.8 Å². The number of carbonyl (C=O) groups excluding carboxylic acids is 1. The number of thiazole rings is 1. The highest BCUT2D eigenvalue weighted by Gasteiger charge is 2.16. The van der Waals surface area contributed by atoms with Crippen LogP contribution in [-0.4, -0.2) is 46.2 Å². The Labute approximate surface area is 125 Å². The Morgan fingerprint density at radius 2 is 2.30 bits per heavy atom. The molecule has 3 N–H and O–H groups in total. The highest BCUT2D eigenvalue weighted by Crippen LogP contribution is 2.25. The van der Waals surface area contributed by atoms with Gasteiger partial charge in [0.25, 0.3) is 0 Å². The fraction of sp³-hybridized carbons (Fsp3) is 0.583. The fourth-order valence-electron chi connectivity index (χ4n) is 1.88. The summed E-state index contributed by atoms with van der Waals surface area (Å²) in [5.74, 6) is 0.163. The first kappa shape index (κ1) is 15.1. The molecule has 1 fully saturated rings. The Balaban J connectivity index is 1.61. The predicted molar refractivity (Wildman–Crippen MR) is 79.7 cm³/mol. The zero-order valence-electron chi connectivity index (χ0n) is 10.9. The SMILES string of the molecule is O=C(NCCc1nc(C(=O)O)cs1)NCC1CCCS1. The van der Waals surface area contributed by atoms with E-state index in [9.17, 15) is 9.59 Å². The number of carboxylic acid groups (broad SMARTS) is 1. The summed E-state index contributed by atoms with van der Waals surface area (Å²) in [4.78, 5) is 26.2. The lowest BCUT2D eigenvalue weighted by molar-refractivity contribution is 0.0691. The summed E-state index contributed by atoms with van der Waals surface area (Å²) in [6, 6.07) is -0.174. The van der Waals surface area contributed by atoms with Gasteiger partial charge in [-0.05, 0) is 18.6 Å². The second-order valence-corrected chi connectivity index (χ2v) is 6.80. The van der Waals surface area contributed by atoms with Crippen molar-refractivity contribution in [3.05, 3.63) is 16.1 Å². The van der Waals surface area contributed by atoms with Crippen molar-refractivity contribution in [2.24, 2.45) is 0 Å². The van der Waals surface area contributed by atoms with E-state index in [2.05, 4.69) is 15.6 Å². The van der Waals surface area contributed by atoms with Gasteiger partial charge in [0.05, 0.1) is 5.01 Å². The second-order valence-electron chi connectivity index (χ2n) is 4.45. The summed E-state index contributed by atoms with van der Waals surface area (Å²) in [5.41, 5.74) is 0.0627. The second kappa shape index (κ2) is 7.49. The zero-order valence-corrected chi connectivity index (χ0v) is 12.6. The van der Waals surface area contributed by atoms with Gasteiger partial charge in [-0.25, -0.2) is 14.6 Å². The van der Waals surface area contributed by atoms with E-state index in [1.165, 1.54) is 35.3 Å². The molecule has 1 saturated heterocycles. The minimum Gasteiger partial charge on any atom is -0.476 e. The van der Waals surface area contributed by atoms with Crippen LogP contribution in [-0.2, 0) is 6.42 Å². The molecule has 1 aromatic rings. The average Bonchev–Trinajstić information content (AvgIpc) is 3.07. The quantitative estimate of drug-likeness (QED) is 0.741. The molecule has 8 heteroatoms. The highest BCUT2D eigenvalue weighted by molar-refractivity contribution is 8.00. The third kappa shape index (κ3) is 4.68. The van der Waals surface area contributed by atoms with Crippen LogP contribution in [0.5, 0.6) is 0 Å². The molecule has 20 heavy (non-hydrogen) atoms. The summed E-state index contributed by atoms with van der Waals surface area (Å²) in [6.07, 6.45) is 2.94. The first-order valence-electron chi connectivity index (χ1n) is 6.46. The summed E-state index contributed by atoms with van der Waals surface area (Å²) < 4.78 is 0. The molecule has 110 valence electrons. The molecule has 1 aliphatic heterocycles. The van der Waals surface area contributed by atoms with Crippen molar-refractivity contribution in [1.82, 2.24) is 15.6 Å². The molecule has 0 aliphatic carbocycles. The van der Waals surface area contributed by atoms with Crippen LogP contribution in [0.1, 0.15) is 28.3 Å². The van der Waals surface area contributed by atoms with E-state index in [1.54, 1.807) is 0 Å². The van der Waals surface area contributed by atoms with Gasteiger partial charge in [0.2, 0.25) is 0 Å². The Bertz CT molecular complexity index is 472. The zero-order chi connectivity index (χ0) is 14.4. The minimum absolute atomic E-state index is 0.0627. The summed E-state index contributed by atoms with van der Waals surface area (Å²) in [7, 11) is 0.